The van der Waals surface area contributed by atoms with Gasteiger partial charge in [0.15, 0.2) is 0 Å². The number of hydrogen-bond acceptors (Lipinski definition) is 4. The molecule has 84 valence electrons. The van der Waals surface area contributed by atoms with Crippen LogP contribution in [-0.2, 0) is 16.1 Å². The van der Waals surface area contributed by atoms with Crippen molar-refractivity contribution in [2.24, 2.45) is 0 Å². The van der Waals surface area contributed by atoms with Gasteiger partial charge in [-0.15, -0.1) is 0 Å². The number of nitriles is 1. The molecule has 2 amide bonds. The standard InChI is InChI=1S/C9H11N5O2/c1-14(6-7-4-12-13-5-7)9(16)8(15)11-3-2-10/h4-5H,3,6H2,1H3,(H,11,15)(H,12,13). The van der Waals surface area contributed by atoms with Crippen molar-refractivity contribution in [3.63, 3.8) is 0 Å². The third-order valence-electron chi connectivity index (χ3n) is 1.84. The van der Waals surface area contributed by atoms with Crippen molar-refractivity contribution in [2.45, 2.75) is 6.54 Å². The van der Waals surface area contributed by atoms with Crippen molar-refractivity contribution < 1.29 is 9.59 Å². The van der Waals surface area contributed by atoms with Gasteiger partial charge in [0.1, 0.15) is 6.54 Å². The van der Waals surface area contributed by atoms with E-state index in [1.807, 2.05) is 0 Å². The lowest BCUT2D eigenvalue weighted by molar-refractivity contribution is -0.145. The van der Waals surface area contributed by atoms with Gasteiger partial charge in [-0.05, 0) is 0 Å². The summed E-state index contributed by atoms with van der Waals surface area (Å²) in [5, 5.41) is 16.7. The van der Waals surface area contributed by atoms with Crippen LogP contribution in [0.25, 0.3) is 0 Å². The lowest BCUT2D eigenvalue weighted by Crippen LogP contribution is -2.40. The van der Waals surface area contributed by atoms with Crippen LogP contribution < -0.4 is 5.32 Å². The number of amides is 2. The van der Waals surface area contributed by atoms with E-state index in [-0.39, 0.29) is 13.1 Å². The highest BCUT2D eigenvalue weighted by molar-refractivity contribution is 6.34. The fourth-order valence-electron chi connectivity index (χ4n) is 1.08. The van der Waals surface area contributed by atoms with Crippen molar-refractivity contribution in [2.75, 3.05) is 13.6 Å². The van der Waals surface area contributed by atoms with E-state index < -0.39 is 11.8 Å². The minimum atomic E-state index is -0.785. The monoisotopic (exact) mass is 221 g/mol. The second-order valence-corrected chi connectivity index (χ2v) is 3.11. The molecule has 7 nitrogen and oxygen atoms in total. The molecule has 0 aliphatic carbocycles. The third kappa shape index (κ3) is 3.09. The zero-order chi connectivity index (χ0) is 12.0. The molecule has 1 rings (SSSR count). The van der Waals surface area contributed by atoms with Crippen LogP contribution in [0.5, 0.6) is 0 Å². The quantitative estimate of drug-likeness (QED) is 0.505. The molecule has 0 spiro atoms. The molecule has 0 aliphatic heterocycles. The smallest absolute Gasteiger partial charge is 0.311 e. The van der Waals surface area contributed by atoms with Gasteiger partial charge in [-0.3, -0.25) is 14.7 Å². The van der Waals surface area contributed by atoms with Crippen molar-refractivity contribution in [3.05, 3.63) is 18.0 Å². The van der Waals surface area contributed by atoms with Crippen LogP contribution in [0.1, 0.15) is 5.56 Å². The molecule has 0 fully saturated rings. The Morgan fingerprint density at radius 1 is 1.69 bits per heavy atom. The third-order valence-corrected chi connectivity index (χ3v) is 1.84. The number of hydrogen-bond donors (Lipinski definition) is 2. The molecule has 1 heterocycles. The minimum absolute atomic E-state index is 0.176. The lowest BCUT2D eigenvalue weighted by atomic mass is 10.3. The highest BCUT2D eigenvalue weighted by Gasteiger charge is 2.18. The molecule has 0 saturated carbocycles. The summed E-state index contributed by atoms with van der Waals surface area (Å²) in [6.45, 7) is 0.111. The summed E-state index contributed by atoms with van der Waals surface area (Å²) >= 11 is 0. The van der Waals surface area contributed by atoms with Crippen molar-refractivity contribution in [3.8, 4) is 6.07 Å². The number of nitrogens with zero attached hydrogens (tertiary/aromatic N) is 3. The van der Waals surface area contributed by atoms with Crippen LogP contribution in [0.15, 0.2) is 12.4 Å². The maximum absolute atomic E-state index is 11.4. The van der Waals surface area contributed by atoms with Gasteiger partial charge < -0.3 is 10.2 Å². The summed E-state index contributed by atoms with van der Waals surface area (Å²) in [7, 11) is 1.50. The Morgan fingerprint density at radius 3 is 3.00 bits per heavy atom. The molecule has 0 unspecified atom stereocenters. The molecule has 0 bridgehead atoms. The van der Waals surface area contributed by atoms with Gasteiger partial charge in [0.05, 0.1) is 12.3 Å². The van der Waals surface area contributed by atoms with E-state index in [9.17, 15) is 9.59 Å². The Kier molecular flexibility index (Phi) is 4.03. The van der Waals surface area contributed by atoms with Gasteiger partial charge in [0.2, 0.25) is 0 Å². The molecule has 1 aromatic heterocycles. The Hall–Kier alpha value is -2.36. The fourth-order valence-corrected chi connectivity index (χ4v) is 1.08. The highest BCUT2D eigenvalue weighted by Crippen LogP contribution is 1.99. The van der Waals surface area contributed by atoms with Gasteiger partial charge >= 0.3 is 11.8 Å². The Balaban J connectivity index is 2.48. The Bertz CT molecular complexity index is 406. The molecule has 1 aromatic rings. The fraction of sp³-hybridized carbons (Fsp3) is 0.333. The van der Waals surface area contributed by atoms with Crippen LogP contribution in [0.2, 0.25) is 0 Å². The number of aromatic nitrogens is 2. The first-order chi connectivity index (χ1) is 7.65. The number of H-pyrrole nitrogens is 1. The van der Waals surface area contributed by atoms with Crippen molar-refractivity contribution >= 4 is 11.8 Å². The molecule has 0 atom stereocenters. The van der Waals surface area contributed by atoms with E-state index in [1.54, 1.807) is 18.5 Å². The zero-order valence-electron chi connectivity index (χ0n) is 8.73. The largest absolute Gasteiger partial charge is 0.335 e. The predicted molar refractivity (Wildman–Crippen MR) is 53.7 cm³/mol. The maximum atomic E-state index is 11.4. The van der Waals surface area contributed by atoms with Gasteiger partial charge in [-0.2, -0.15) is 10.4 Å². The summed E-state index contributed by atoms with van der Waals surface area (Å²) < 4.78 is 0. The number of rotatable bonds is 3. The number of carbonyl (C=O) groups excluding carboxylic acids is 2. The molecule has 2 N–H and O–H groups in total. The summed E-state index contributed by atoms with van der Waals surface area (Å²) in [5.41, 5.74) is 0.795. The average molecular weight is 221 g/mol. The van der Waals surface area contributed by atoms with Gasteiger partial charge in [-0.1, -0.05) is 0 Å². The highest BCUT2D eigenvalue weighted by atomic mass is 16.2. The number of carbonyl (C=O) groups is 2. The van der Waals surface area contributed by atoms with Crippen LogP contribution >= 0.6 is 0 Å². The topological polar surface area (TPSA) is 102 Å². The van der Waals surface area contributed by atoms with E-state index in [0.717, 1.165) is 5.56 Å². The number of nitrogens with one attached hydrogen (secondary N) is 2. The summed E-state index contributed by atoms with van der Waals surface area (Å²) in [6.07, 6.45) is 3.20. The molecule has 16 heavy (non-hydrogen) atoms. The van der Waals surface area contributed by atoms with Crippen LogP contribution in [0, 0.1) is 11.3 Å². The Morgan fingerprint density at radius 2 is 2.44 bits per heavy atom. The van der Waals surface area contributed by atoms with Crippen LogP contribution in [0.3, 0.4) is 0 Å². The summed E-state index contributed by atoms with van der Waals surface area (Å²) in [5.74, 6) is -1.47. The summed E-state index contributed by atoms with van der Waals surface area (Å²) in [6, 6.07) is 1.72. The van der Waals surface area contributed by atoms with Gasteiger partial charge in [0.25, 0.3) is 0 Å². The molecule has 0 aromatic carbocycles. The number of likely N-dealkylation sites (N-methyl/N-ethyl adjacent to an activating group) is 1. The van der Waals surface area contributed by atoms with Crippen molar-refractivity contribution in [1.82, 2.24) is 20.4 Å². The van der Waals surface area contributed by atoms with Gasteiger partial charge in [-0.25, -0.2) is 0 Å². The first-order valence-electron chi connectivity index (χ1n) is 4.53. The molecule has 0 aliphatic rings. The normalized spacial score (nSPS) is 9.25. The van der Waals surface area contributed by atoms with E-state index in [0.29, 0.717) is 0 Å². The maximum Gasteiger partial charge on any atom is 0.311 e. The molecule has 7 heteroatoms. The molecular formula is C9H11N5O2. The van der Waals surface area contributed by atoms with Gasteiger partial charge in [0, 0.05) is 25.4 Å². The minimum Gasteiger partial charge on any atom is -0.335 e. The van der Waals surface area contributed by atoms with Crippen molar-refractivity contribution in [1.29, 1.82) is 5.26 Å². The lowest BCUT2D eigenvalue weighted by Gasteiger charge is -2.14. The SMILES string of the molecule is CN(Cc1cn[nH]c1)C(=O)C(=O)NCC#N. The first kappa shape index (κ1) is 11.7. The molecule has 0 radical (unpaired) electrons. The number of aromatic amines is 1. The second-order valence-electron chi connectivity index (χ2n) is 3.11. The van der Waals surface area contributed by atoms with E-state index >= 15 is 0 Å². The average Bonchev–Trinajstić information content (AvgIpc) is 2.77. The first-order valence-corrected chi connectivity index (χ1v) is 4.53. The molecule has 0 saturated heterocycles. The van der Waals surface area contributed by atoms with E-state index in [4.69, 9.17) is 5.26 Å². The zero-order valence-corrected chi connectivity index (χ0v) is 8.73. The van der Waals surface area contributed by atoms with E-state index in [1.165, 1.54) is 11.9 Å². The predicted octanol–water partition coefficient (Wildman–Crippen LogP) is -0.992. The molecular weight excluding hydrogens is 210 g/mol. The Labute approximate surface area is 92.0 Å². The summed E-state index contributed by atoms with van der Waals surface area (Å²) in [4.78, 5) is 23.9. The van der Waals surface area contributed by atoms with Crippen LogP contribution in [-0.4, -0.2) is 40.5 Å². The second kappa shape index (κ2) is 5.50. The van der Waals surface area contributed by atoms with Crippen LogP contribution in [0.4, 0.5) is 0 Å². The van der Waals surface area contributed by atoms with E-state index in [2.05, 4.69) is 15.5 Å².